The minimum Gasteiger partial charge on any atom is -0.396 e. The number of carbonyl (C=O) groups excluding carboxylic acids is 2. The van der Waals surface area contributed by atoms with Crippen LogP contribution in [0.15, 0.2) is 53.6 Å². The van der Waals surface area contributed by atoms with Gasteiger partial charge >= 0.3 is 0 Å². The van der Waals surface area contributed by atoms with E-state index in [0.717, 1.165) is 32.2 Å². The summed E-state index contributed by atoms with van der Waals surface area (Å²) in [6.07, 6.45) is 11.9. The van der Waals surface area contributed by atoms with Gasteiger partial charge in [-0.1, -0.05) is 42.4 Å². The maximum absolute atomic E-state index is 13.7. The molecule has 1 fully saturated rings. The van der Waals surface area contributed by atoms with E-state index in [1.807, 2.05) is 6.08 Å². The first-order chi connectivity index (χ1) is 17.2. The average Bonchev–Trinajstić information content (AvgIpc) is 3.45. The Labute approximate surface area is 215 Å². The molecule has 0 saturated carbocycles. The molecule has 196 valence electrons. The molecule has 2 aliphatic heterocycles. The van der Waals surface area contributed by atoms with Crippen LogP contribution >= 0.6 is 0 Å². The number of anilines is 2. The first-order valence-electron chi connectivity index (χ1n) is 13.0. The molecule has 0 aromatic heterocycles. The Kier molecular flexibility index (Phi) is 9.65. The highest BCUT2D eigenvalue weighted by molar-refractivity contribution is 6.08. The summed E-state index contributed by atoms with van der Waals surface area (Å²) < 4.78 is 0. The van der Waals surface area contributed by atoms with Crippen LogP contribution in [-0.4, -0.2) is 47.8 Å². The predicted octanol–water partition coefficient (Wildman–Crippen LogP) is 4.18. The molecule has 0 unspecified atom stereocenters. The Morgan fingerprint density at radius 3 is 2.72 bits per heavy atom. The topological polar surface area (TPSA) is 102 Å². The van der Waals surface area contributed by atoms with E-state index in [2.05, 4.69) is 37.5 Å². The number of carbonyl (C=O) groups is 2. The van der Waals surface area contributed by atoms with Crippen molar-refractivity contribution in [2.75, 3.05) is 29.9 Å². The number of hydrogen-bond acceptors (Lipinski definition) is 5. The van der Waals surface area contributed by atoms with Crippen molar-refractivity contribution in [3.63, 3.8) is 0 Å². The van der Waals surface area contributed by atoms with Crippen LogP contribution in [0.3, 0.4) is 0 Å². The molecule has 0 bridgehead atoms. The lowest BCUT2D eigenvalue weighted by atomic mass is 9.82. The molecular formula is C29H41N3O4. The highest BCUT2D eigenvalue weighted by Gasteiger charge is 2.52. The molecular weight excluding hydrogens is 454 g/mol. The SMILES string of the molecule is CC(C)=CCC/C(C)=C/CN1C(=O)[C@@](O)([C@@H](C)/C=C/CCO)c2cc(NC(=O)[C@H]3CCCN3)ccc21. The maximum Gasteiger partial charge on any atom is 0.264 e. The summed E-state index contributed by atoms with van der Waals surface area (Å²) in [4.78, 5) is 28.0. The molecule has 4 N–H and O–H groups in total. The summed E-state index contributed by atoms with van der Waals surface area (Å²) in [7, 11) is 0. The van der Waals surface area contributed by atoms with E-state index >= 15 is 0 Å². The molecule has 36 heavy (non-hydrogen) atoms. The Morgan fingerprint density at radius 2 is 2.06 bits per heavy atom. The van der Waals surface area contributed by atoms with Crippen molar-refractivity contribution in [3.8, 4) is 0 Å². The number of benzene rings is 1. The van der Waals surface area contributed by atoms with E-state index in [1.165, 1.54) is 11.1 Å². The molecule has 7 heteroatoms. The Morgan fingerprint density at radius 1 is 1.28 bits per heavy atom. The zero-order chi connectivity index (χ0) is 26.3. The van der Waals surface area contributed by atoms with E-state index in [-0.39, 0.29) is 24.5 Å². The third-order valence-electron chi connectivity index (χ3n) is 7.01. The Bertz CT molecular complexity index is 1030. The van der Waals surface area contributed by atoms with Crippen LogP contribution in [0.4, 0.5) is 11.4 Å². The second kappa shape index (κ2) is 12.5. The van der Waals surface area contributed by atoms with Crippen LogP contribution in [0.5, 0.6) is 0 Å². The summed E-state index contributed by atoms with van der Waals surface area (Å²) >= 11 is 0. The van der Waals surface area contributed by atoms with Crippen LogP contribution in [0.1, 0.15) is 65.4 Å². The smallest absolute Gasteiger partial charge is 0.264 e. The maximum atomic E-state index is 13.7. The number of hydrogen-bond donors (Lipinski definition) is 4. The quantitative estimate of drug-likeness (QED) is 0.345. The highest BCUT2D eigenvalue weighted by atomic mass is 16.3. The first kappa shape index (κ1) is 27.8. The van der Waals surface area contributed by atoms with Crippen molar-refractivity contribution in [2.45, 2.75) is 71.4 Å². The number of allylic oxidation sites excluding steroid dienone is 3. The fourth-order valence-electron chi connectivity index (χ4n) is 4.80. The number of aliphatic hydroxyl groups excluding tert-OH is 1. The highest BCUT2D eigenvalue weighted by Crippen LogP contribution is 2.46. The van der Waals surface area contributed by atoms with Gasteiger partial charge in [-0.15, -0.1) is 0 Å². The molecule has 1 aromatic rings. The van der Waals surface area contributed by atoms with E-state index in [0.29, 0.717) is 29.9 Å². The van der Waals surface area contributed by atoms with E-state index in [1.54, 1.807) is 42.2 Å². The Hall–Kier alpha value is -2.74. The fraction of sp³-hybridized carbons (Fsp3) is 0.517. The molecule has 0 aliphatic carbocycles. The van der Waals surface area contributed by atoms with Crippen molar-refractivity contribution in [1.29, 1.82) is 0 Å². The number of nitrogens with zero attached hydrogens (tertiary/aromatic N) is 1. The molecule has 3 atom stereocenters. The number of fused-ring (bicyclic) bond motifs is 1. The van der Waals surface area contributed by atoms with Crippen LogP contribution in [0, 0.1) is 5.92 Å². The minimum atomic E-state index is -1.77. The molecule has 2 aliphatic rings. The number of nitrogens with one attached hydrogen (secondary N) is 2. The van der Waals surface area contributed by atoms with Gasteiger partial charge in [-0.05, 0) is 77.6 Å². The molecule has 1 saturated heterocycles. The van der Waals surface area contributed by atoms with Crippen LogP contribution in [0.25, 0.3) is 0 Å². The van der Waals surface area contributed by atoms with E-state index in [9.17, 15) is 14.7 Å². The second-order valence-electron chi connectivity index (χ2n) is 10.2. The molecule has 2 amide bonds. The largest absolute Gasteiger partial charge is 0.396 e. The van der Waals surface area contributed by atoms with Crippen LogP contribution in [-0.2, 0) is 15.2 Å². The number of aliphatic hydroxyl groups is 2. The molecule has 2 heterocycles. The fourth-order valence-corrected chi connectivity index (χ4v) is 4.80. The molecule has 1 aromatic carbocycles. The lowest BCUT2D eigenvalue weighted by Gasteiger charge is -2.27. The van der Waals surface area contributed by atoms with Crippen molar-refractivity contribution >= 4 is 23.2 Å². The average molecular weight is 496 g/mol. The van der Waals surface area contributed by atoms with Gasteiger partial charge in [0.05, 0.1) is 11.7 Å². The number of amides is 2. The van der Waals surface area contributed by atoms with Gasteiger partial charge in [0.1, 0.15) is 0 Å². The molecule has 0 spiro atoms. The van der Waals surface area contributed by atoms with Crippen molar-refractivity contribution in [1.82, 2.24) is 5.32 Å². The number of rotatable bonds is 11. The third kappa shape index (κ3) is 6.33. The minimum absolute atomic E-state index is 0.000501. The van der Waals surface area contributed by atoms with Gasteiger partial charge < -0.3 is 25.7 Å². The summed E-state index contributed by atoms with van der Waals surface area (Å²) in [6.45, 7) is 9.20. The van der Waals surface area contributed by atoms with Gasteiger partial charge in [0.2, 0.25) is 5.91 Å². The third-order valence-corrected chi connectivity index (χ3v) is 7.01. The molecule has 0 radical (unpaired) electrons. The van der Waals surface area contributed by atoms with Crippen molar-refractivity contribution < 1.29 is 19.8 Å². The van der Waals surface area contributed by atoms with Crippen LogP contribution < -0.4 is 15.5 Å². The van der Waals surface area contributed by atoms with Crippen LogP contribution in [0.2, 0.25) is 0 Å². The van der Waals surface area contributed by atoms with Gasteiger partial charge in [-0.25, -0.2) is 0 Å². The first-order valence-corrected chi connectivity index (χ1v) is 13.0. The second-order valence-corrected chi connectivity index (χ2v) is 10.2. The predicted molar refractivity (Wildman–Crippen MR) is 145 cm³/mol. The van der Waals surface area contributed by atoms with E-state index in [4.69, 9.17) is 5.11 Å². The summed E-state index contributed by atoms with van der Waals surface area (Å²) in [5.74, 6) is -1.01. The summed E-state index contributed by atoms with van der Waals surface area (Å²) in [5.41, 5.74) is 2.39. The summed E-state index contributed by atoms with van der Waals surface area (Å²) in [6, 6.07) is 5.09. The van der Waals surface area contributed by atoms with Gasteiger partial charge in [-0.3, -0.25) is 9.59 Å². The standard InChI is InChI=1S/C29H41N3O4/c1-20(2)9-7-10-21(3)15-17-32-26-14-13-23(31-27(34)25-12-8-16-30-25)19-24(26)29(36,28(32)35)22(4)11-5-6-18-33/h5,9,11,13-15,19,22,25,30,33,36H,6-8,10,12,16-18H2,1-4H3,(H,31,34)/b11-5+,21-15+/t22-,25+,29+/m0/s1. The monoisotopic (exact) mass is 495 g/mol. The Balaban J connectivity index is 1.89. The molecule has 7 nitrogen and oxygen atoms in total. The van der Waals surface area contributed by atoms with E-state index < -0.39 is 11.5 Å². The van der Waals surface area contributed by atoms with Crippen molar-refractivity contribution in [3.05, 3.63) is 59.2 Å². The summed E-state index contributed by atoms with van der Waals surface area (Å²) in [5, 5.41) is 27.1. The van der Waals surface area contributed by atoms with Gasteiger partial charge in [0.25, 0.3) is 5.91 Å². The normalized spacial score (nSPS) is 22.7. The van der Waals surface area contributed by atoms with Crippen molar-refractivity contribution in [2.24, 2.45) is 5.92 Å². The van der Waals surface area contributed by atoms with Gasteiger partial charge in [-0.2, -0.15) is 0 Å². The zero-order valence-corrected chi connectivity index (χ0v) is 22.0. The van der Waals surface area contributed by atoms with Gasteiger partial charge in [0, 0.05) is 30.3 Å². The lowest BCUT2D eigenvalue weighted by molar-refractivity contribution is -0.139. The van der Waals surface area contributed by atoms with Gasteiger partial charge in [0.15, 0.2) is 5.60 Å². The molecule has 3 rings (SSSR count). The lowest BCUT2D eigenvalue weighted by Crippen LogP contribution is -2.44. The zero-order valence-electron chi connectivity index (χ0n) is 22.0.